The molecule has 0 radical (unpaired) electrons. The summed E-state index contributed by atoms with van der Waals surface area (Å²) in [5.41, 5.74) is 4.78. The van der Waals surface area contributed by atoms with Gasteiger partial charge in [0.1, 0.15) is 0 Å². The maximum Gasteiger partial charge on any atom is 0.237 e. The van der Waals surface area contributed by atoms with Gasteiger partial charge in [-0.15, -0.1) is 0 Å². The van der Waals surface area contributed by atoms with Gasteiger partial charge in [-0.2, -0.15) is 0 Å². The first-order valence-electron chi connectivity index (χ1n) is 5.76. The van der Waals surface area contributed by atoms with Crippen LogP contribution in [0.4, 0.5) is 0 Å². The summed E-state index contributed by atoms with van der Waals surface area (Å²) in [5.74, 6) is -0.424. The van der Waals surface area contributed by atoms with Crippen molar-refractivity contribution in [3.05, 3.63) is 0 Å². The summed E-state index contributed by atoms with van der Waals surface area (Å²) in [6, 6.07) is 0. The van der Waals surface area contributed by atoms with Gasteiger partial charge in [0.25, 0.3) is 0 Å². The molecule has 0 aromatic heterocycles. The lowest BCUT2D eigenvalue weighted by atomic mass is 9.81. The van der Waals surface area contributed by atoms with E-state index < -0.39 is 5.91 Å². The highest BCUT2D eigenvalue weighted by molar-refractivity contribution is 5.87. The fourth-order valence-electron chi connectivity index (χ4n) is 2.44. The number of primary amides is 1. The first-order valence-corrected chi connectivity index (χ1v) is 5.76. The van der Waals surface area contributed by atoms with Crippen molar-refractivity contribution in [3.8, 4) is 0 Å². The average molecular weight is 227 g/mol. The van der Waals surface area contributed by atoms with Crippen molar-refractivity contribution in [2.75, 3.05) is 26.7 Å². The van der Waals surface area contributed by atoms with Gasteiger partial charge in [0.15, 0.2) is 0 Å². The molecule has 3 N–H and O–H groups in total. The standard InChI is InChI=1S/C11H21N3O2/c1-3-4-11(5-6-13-8-11)10(16)14(2)7-9(12)15/h13H,3-8H2,1-2H3,(H2,12,15). The molecule has 1 aliphatic heterocycles. The minimum atomic E-state index is -0.464. The molecule has 0 bridgehead atoms. The molecule has 0 aromatic rings. The van der Waals surface area contributed by atoms with Gasteiger partial charge in [0.05, 0.1) is 12.0 Å². The summed E-state index contributed by atoms with van der Waals surface area (Å²) >= 11 is 0. The van der Waals surface area contributed by atoms with Crippen LogP contribution < -0.4 is 11.1 Å². The van der Waals surface area contributed by atoms with Crippen molar-refractivity contribution in [1.82, 2.24) is 10.2 Å². The Hall–Kier alpha value is -1.10. The van der Waals surface area contributed by atoms with Crippen LogP contribution in [0.1, 0.15) is 26.2 Å². The molecule has 92 valence electrons. The molecule has 1 saturated heterocycles. The normalized spacial score (nSPS) is 24.4. The lowest BCUT2D eigenvalue weighted by Crippen LogP contribution is -2.46. The second kappa shape index (κ2) is 5.30. The van der Waals surface area contributed by atoms with E-state index in [1.807, 2.05) is 0 Å². The molecule has 0 aromatic carbocycles. The minimum Gasteiger partial charge on any atom is -0.368 e. The lowest BCUT2D eigenvalue weighted by Gasteiger charge is -2.31. The molecular formula is C11H21N3O2. The summed E-state index contributed by atoms with van der Waals surface area (Å²) in [6.45, 7) is 3.66. The van der Waals surface area contributed by atoms with Crippen molar-refractivity contribution in [2.45, 2.75) is 26.2 Å². The Bertz CT molecular complexity index is 272. The summed E-state index contributed by atoms with van der Waals surface area (Å²) in [6.07, 6.45) is 2.68. The van der Waals surface area contributed by atoms with E-state index in [9.17, 15) is 9.59 Å². The second-order valence-corrected chi connectivity index (χ2v) is 4.58. The third-order valence-electron chi connectivity index (χ3n) is 3.17. The van der Waals surface area contributed by atoms with Crippen LogP contribution in [-0.4, -0.2) is 43.4 Å². The smallest absolute Gasteiger partial charge is 0.237 e. The molecule has 0 spiro atoms. The zero-order valence-electron chi connectivity index (χ0n) is 10.1. The largest absolute Gasteiger partial charge is 0.368 e. The van der Waals surface area contributed by atoms with Gasteiger partial charge in [-0.3, -0.25) is 9.59 Å². The number of hydrogen-bond acceptors (Lipinski definition) is 3. The van der Waals surface area contributed by atoms with Crippen LogP contribution in [0.15, 0.2) is 0 Å². The van der Waals surface area contributed by atoms with E-state index in [-0.39, 0.29) is 17.9 Å². The van der Waals surface area contributed by atoms with Crippen molar-refractivity contribution in [3.63, 3.8) is 0 Å². The van der Waals surface area contributed by atoms with Crippen LogP contribution in [0.5, 0.6) is 0 Å². The highest BCUT2D eigenvalue weighted by Crippen LogP contribution is 2.32. The Kier molecular flexibility index (Phi) is 4.29. The van der Waals surface area contributed by atoms with E-state index in [4.69, 9.17) is 5.73 Å². The zero-order valence-corrected chi connectivity index (χ0v) is 10.1. The summed E-state index contributed by atoms with van der Waals surface area (Å²) in [5, 5.41) is 3.22. The van der Waals surface area contributed by atoms with Gasteiger partial charge in [-0.25, -0.2) is 0 Å². The van der Waals surface area contributed by atoms with Crippen molar-refractivity contribution >= 4 is 11.8 Å². The molecule has 1 fully saturated rings. The summed E-state index contributed by atoms with van der Waals surface area (Å²) in [7, 11) is 1.64. The molecule has 1 rings (SSSR count). The molecule has 5 nitrogen and oxygen atoms in total. The molecule has 1 heterocycles. The molecular weight excluding hydrogens is 206 g/mol. The number of amides is 2. The van der Waals surface area contributed by atoms with Gasteiger partial charge in [-0.05, 0) is 19.4 Å². The molecule has 2 amide bonds. The quantitative estimate of drug-likeness (QED) is 0.677. The zero-order chi connectivity index (χ0) is 12.2. The first-order chi connectivity index (χ1) is 7.52. The van der Waals surface area contributed by atoms with Crippen LogP contribution in [0.3, 0.4) is 0 Å². The minimum absolute atomic E-state index is 0.00426. The molecule has 16 heavy (non-hydrogen) atoms. The Morgan fingerprint density at radius 1 is 1.50 bits per heavy atom. The third kappa shape index (κ3) is 2.72. The predicted molar refractivity (Wildman–Crippen MR) is 61.7 cm³/mol. The second-order valence-electron chi connectivity index (χ2n) is 4.58. The van der Waals surface area contributed by atoms with E-state index in [2.05, 4.69) is 12.2 Å². The molecule has 5 heteroatoms. The number of carbonyl (C=O) groups excluding carboxylic acids is 2. The van der Waals surface area contributed by atoms with Crippen molar-refractivity contribution in [2.24, 2.45) is 11.1 Å². The Balaban J connectivity index is 2.71. The predicted octanol–water partition coefficient (Wildman–Crippen LogP) is -0.290. The van der Waals surface area contributed by atoms with Gasteiger partial charge in [0, 0.05) is 13.6 Å². The third-order valence-corrected chi connectivity index (χ3v) is 3.17. The Morgan fingerprint density at radius 3 is 2.62 bits per heavy atom. The van der Waals surface area contributed by atoms with Crippen molar-refractivity contribution < 1.29 is 9.59 Å². The van der Waals surface area contributed by atoms with E-state index in [0.717, 1.165) is 25.8 Å². The number of nitrogens with one attached hydrogen (secondary N) is 1. The van der Waals surface area contributed by atoms with Gasteiger partial charge in [0.2, 0.25) is 11.8 Å². The summed E-state index contributed by atoms with van der Waals surface area (Å²) < 4.78 is 0. The molecule has 1 aliphatic rings. The van der Waals surface area contributed by atoms with Crippen LogP contribution in [0.25, 0.3) is 0 Å². The lowest BCUT2D eigenvalue weighted by molar-refractivity contribution is -0.142. The van der Waals surface area contributed by atoms with Gasteiger partial charge < -0.3 is 16.0 Å². The Morgan fingerprint density at radius 2 is 2.19 bits per heavy atom. The monoisotopic (exact) mass is 227 g/mol. The van der Waals surface area contributed by atoms with Crippen LogP contribution in [-0.2, 0) is 9.59 Å². The molecule has 0 aliphatic carbocycles. The first kappa shape index (κ1) is 13.0. The SMILES string of the molecule is CCCC1(C(=O)N(C)CC(N)=O)CCNC1. The van der Waals surface area contributed by atoms with Crippen molar-refractivity contribution in [1.29, 1.82) is 0 Å². The number of hydrogen-bond donors (Lipinski definition) is 2. The Labute approximate surface area is 96.4 Å². The average Bonchev–Trinajstić information content (AvgIpc) is 2.66. The van der Waals surface area contributed by atoms with E-state index in [0.29, 0.717) is 6.54 Å². The fraction of sp³-hybridized carbons (Fsp3) is 0.818. The number of carbonyl (C=O) groups is 2. The number of rotatable bonds is 5. The molecule has 0 saturated carbocycles. The van der Waals surface area contributed by atoms with E-state index in [1.54, 1.807) is 7.05 Å². The maximum absolute atomic E-state index is 12.3. The van der Waals surface area contributed by atoms with E-state index >= 15 is 0 Å². The van der Waals surface area contributed by atoms with E-state index in [1.165, 1.54) is 4.90 Å². The fourth-order valence-corrected chi connectivity index (χ4v) is 2.44. The van der Waals surface area contributed by atoms with Gasteiger partial charge >= 0.3 is 0 Å². The molecule has 1 unspecified atom stereocenters. The highest BCUT2D eigenvalue weighted by Gasteiger charge is 2.41. The van der Waals surface area contributed by atoms with Gasteiger partial charge in [-0.1, -0.05) is 13.3 Å². The number of nitrogens with zero attached hydrogens (tertiary/aromatic N) is 1. The van der Waals surface area contributed by atoms with Crippen LogP contribution >= 0.6 is 0 Å². The number of nitrogens with two attached hydrogens (primary N) is 1. The van der Waals surface area contributed by atoms with Crippen LogP contribution in [0, 0.1) is 5.41 Å². The topological polar surface area (TPSA) is 75.4 Å². The number of likely N-dealkylation sites (N-methyl/N-ethyl adjacent to an activating group) is 1. The van der Waals surface area contributed by atoms with Crippen LogP contribution in [0.2, 0.25) is 0 Å². The summed E-state index contributed by atoms with van der Waals surface area (Å²) in [4.78, 5) is 24.5. The maximum atomic E-state index is 12.3. The molecule has 1 atom stereocenters. The highest BCUT2D eigenvalue weighted by atomic mass is 16.2.